The lowest BCUT2D eigenvalue weighted by atomic mass is 10.0. The first-order valence-electron chi connectivity index (χ1n) is 8.27. The highest BCUT2D eigenvalue weighted by Gasteiger charge is 2.40. The number of nitrogens with zero attached hydrogens (tertiary/aromatic N) is 3. The quantitative estimate of drug-likeness (QED) is 0.816. The molecule has 1 fully saturated rings. The van der Waals surface area contributed by atoms with Gasteiger partial charge in [-0.05, 0) is 32.8 Å². The summed E-state index contributed by atoms with van der Waals surface area (Å²) in [5, 5.41) is 9.06. The number of nitrogens with one attached hydrogen (secondary N) is 2. The molecule has 2 N–H and O–H groups in total. The Hall–Kier alpha value is -2.61. The average Bonchev–Trinajstić information content (AvgIpc) is 3.24. The lowest BCUT2D eigenvalue weighted by molar-refractivity contribution is -0.163. The number of carbonyl (C=O) groups excluding carboxylic acids is 1. The number of rotatable bonds is 4. The van der Waals surface area contributed by atoms with Gasteiger partial charge in [-0.1, -0.05) is 0 Å². The summed E-state index contributed by atoms with van der Waals surface area (Å²) in [7, 11) is 3.23. The number of aryl methyl sites for hydroxylation is 2. The number of aromatic nitrogens is 3. The molecule has 0 aromatic carbocycles. The van der Waals surface area contributed by atoms with E-state index in [-0.39, 0.29) is 0 Å². The molecule has 2 aliphatic rings. The summed E-state index contributed by atoms with van der Waals surface area (Å²) in [6.45, 7) is 3.63. The Labute approximate surface area is 145 Å². The van der Waals surface area contributed by atoms with Crippen LogP contribution in [0.4, 0.5) is 5.69 Å². The minimum absolute atomic E-state index is 0.457. The standard InChI is InChI=1S/C17H21N5O3/c1-9-13-14(19-10-5-6-10)11(8-18-15(13)22(3)20-9)12-7-17(2,25-21-12)16(23)24-4/h7-8,10,21H,5-6H2,1-4H3,(H,18,19). The average molecular weight is 343 g/mol. The van der Waals surface area contributed by atoms with Gasteiger partial charge in [0.15, 0.2) is 5.65 Å². The van der Waals surface area contributed by atoms with E-state index in [1.54, 1.807) is 23.9 Å². The summed E-state index contributed by atoms with van der Waals surface area (Å²) in [4.78, 5) is 22.0. The number of anilines is 1. The van der Waals surface area contributed by atoms with Crippen molar-refractivity contribution in [2.75, 3.05) is 12.4 Å². The number of hydrogen-bond acceptors (Lipinski definition) is 7. The first kappa shape index (κ1) is 15.9. The SMILES string of the molecule is COC(=O)C1(C)C=C(c2cnc3c(c(C)nn3C)c2NC2CC2)NO1. The molecule has 1 aliphatic carbocycles. The smallest absolute Gasteiger partial charge is 0.344 e. The van der Waals surface area contributed by atoms with Crippen molar-refractivity contribution in [1.82, 2.24) is 20.2 Å². The van der Waals surface area contributed by atoms with Crippen LogP contribution in [0.25, 0.3) is 16.7 Å². The Bertz CT molecular complexity index is 899. The van der Waals surface area contributed by atoms with Gasteiger partial charge in [0.25, 0.3) is 0 Å². The van der Waals surface area contributed by atoms with Crippen LogP contribution in [0.3, 0.4) is 0 Å². The highest BCUT2D eigenvalue weighted by molar-refractivity contribution is 5.98. The van der Waals surface area contributed by atoms with Gasteiger partial charge in [0, 0.05) is 24.8 Å². The topological polar surface area (TPSA) is 90.3 Å². The second-order valence-corrected chi connectivity index (χ2v) is 6.73. The molecule has 2 aromatic rings. The molecule has 2 aromatic heterocycles. The summed E-state index contributed by atoms with van der Waals surface area (Å²) in [6.07, 6.45) is 5.79. The van der Waals surface area contributed by atoms with Crippen LogP contribution in [0.5, 0.6) is 0 Å². The van der Waals surface area contributed by atoms with Crippen LogP contribution in [0.1, 0.15) is 31.0 Å². The Morgan fingerprint density at radius 3 is 2.96 bits per heavy atom. The molecular formula is C17H21N5O3. The first-order valence-corrected chi connectivity index (χ1v) is 8.27. The van der Waals surface area contributed by atoms with Crippen molar-refractivity contribution in [3.8, 4) is 0 Å². The van der Waals surface area contributed by atoms with Crippen LogP contribution in [0.2, 0.25) is 0 Å². The number of pyridine rings is 1. The van der Waals surface area contributed by atoms with Crippen LogP contribution in [-0.4, -0.2) is 39.5 Å². The van der Waals surface area contributed by atoms with Crippen LogP contribution in [0.15, 0.2) is 12.3 Å². The Balaban J connectivity index is 1.86. The Kier molecular flexibility index (Phi) is 3.47. The van der Waals surface area contributed by atoms with Gasteiger partial charge < -0.3 is 10.1 Å². The summed E-state index contributed by atoms with van der Waals surface area (Å²) in [5.41, 5.74) is 5.92. The van der Waals surface area contributed by atoms with E-state index in [0.717, 1.165) is 40.8 Å². The molecule has 132 valence electrons. The maximum Gasteiger partial charge on any atom is 0.344 e. The van der Waals surface area contributed by atoms with Crippen molar-refractivity contribution >= 4 is 28.4 Å². The number of hydroxylamine groups is 1. The first-order chi connectivity index (χ1) is 11.9. The fraction of sp³-hybridized carbons (Fsp3) is 0.471. The molecule has 8 nitrogen and oxygen atoms in total. The van der Waals surface area contributed by atoms with E-state index in [9.17, 15) is 4.79 Å². The molecule has 0 spiro atoms. The number of hydrogen-bond donors (Lipinski definition) is 2. The van der Waals surface area contributed by atoms with Gasteiger partial charge in [-0.15, -0.1) is 0 Å². The van der Waals surface area contributed by atoms with Crippen molar-refractivity contribution in [3.63, 3.8) is 0 Å². The molecule has 0 saturated heterocycles. The van der Waals surface area contributed by atoms with Gasteiger partial charge in [0.2, 0.25) is 5.60 Å². The van der Waals surface area contributed by atoms with E-state index in [1.165, 1.54) is 7.11 Å². The van der Waals surface area contributed by atoms with Crippen LogP contribution in [0, 0.1) is 6.92 Å². The second kappa shape index (κ2) is 5.45. The number of fused-ring (bicyclic) bond motifs is 1. The number of ether oxygens (including phenoxy) is 1. The molecule has 1 atom stereocenters. The zero-order chi connectivity index (χ0) is 17.8. The van der Waals surface area contributed by atoms with E-state index in [2.05, 4.69) is 20.9 Å². The van der Waals surface area contributed by atoms with Gasteiger partial charge in [0.05, 0.1) is 29.6 Å². The van der Waals surface area contributed by atoms with E-state index in [0.29, 0.717) is 11.7 Å². The molecule has 1 saturated carbocycles. The van der Waals surface area contributed by atoms with Crippen molar-refractivity contribution in [3.05, 3.63) is 23.5 Å². The minimum atomic E-state index is -1.17. The summed E-state index contributed by atoms with van der Waals surface area (Å²) >= 11 is 0. The molecule has 25 heavy (non-hydrogen) atoms. The number of carbonyl (C=O) groups is 1. The number of esters is 1. The molecule has 8 heteroatoms. The van der Waals surface area contributed by atoms with Gasteiger partial charge in [0.1, 0.15) is 0 Å². The molecule has 0 bridgehead atoms. The van der Waals surface area contributed by atoms with Crippen molar-refractivity contribution < 1.29 is 14.4 Å². The summed E-state index contributed by atoms with van der Waals surface area (Å²) in [6, 6.07) is 0.457. The predicted molar refractivity (Wildman–Crippen MR) is 92.5 cm³/mol. The lowest BCUT2D eigenvalue weighted by Gasteiger charge is -2.16. The van der Waals surface area contributed by atoms with E-state index >= 15 is 0 Å². The molecular weight excluding hydrogens is 322 g/mol. The second-order valence-electron chi connectivity index (χ2n) is 6.73. The van der Waals surface area contributed by atoms with Crippen LogP contribution >= 0.6 is 0 Å². The summed E-state index contributed by atoms with van der Waals surface area (Å²) in [5.74, 6) is -0.460. The van der Waals surface area contributed by atoms with Gasteiger partial charge >= 0.3 is 5.97 Å². The maximum atomic E-state index is 12.0. The van der Waals surface area contributed by atoms with E-state index in [4.69, 9.17) is 9.57 Å². The third-order valence-corrected chi connectivity index (χ3v) is 4.63. The highest BCUT2D eigenvalue weighted by atomic mass is 16.7. The third kappa shape index (κ3) is 2.53. The number of methoxy groups -OCH3 is 1. The molecule has 4 rings (SSSR count). The van der Waals surface area contributed by atoms with Gasteiger partial charge in [-0.25, -0.2) is 9.78 Å². The summed E-state index contributed by atoms with van der Waals surface area (Å²) < 4.78 is 6.60. The Morgan fingerprint density at radius 2 is 2.28 bits per heavy atom. The van der Waals surface area contributed by atoms with Crippen molar-refractivity contribution in [1.29, 1.82) is 0 Å². The van der Waals surface area contributed by atoms with Gasteiger partial charge in [-0.3, -0.25) is 15.0 Å². The fourth-order valence-electron chi connectivity index (χ4n) is 3.13. The molecule has 3 heterocycles. The largest absolute Gasteiger partial charge is 0.467 e. The fourth-order valence-corrected chi connectivity index (χ4v) is 3.13. The molecule has 0 radical (unpaired) electrons. The highest BCUT2D eigenvalue weighted by Crippen LogP contribution is 2.38. The maximum absolute atomic E-state index is 12.0. The van der Waals surface area contributed by atoms with Crippen molar-refractivity contribution in [2.24, 2.45) is 7.05 Å². The minimum Gasteiger partial charge on any atom is -0.467 e. The van der Waals surface area contributed by atoms with Crippen molar-refractivity contribution in [2.45, 2.75) is 38.3 Å². The Morgan fingerprint density at radius 1 is 1.52 bits per heavy atom. The van der Waals surface area contributed by atoms with Crippen LogP contribution in [-0.2, 0) is 21.4 Å². The predicted octanol–water partition coefficient (Wildman–Crippen LogP) is 1.66. The monoisotopic (exact) mass is 343 g/mol. The molecule has 1 unspecified atom stereocenters. The van der Waals surface area contributed by atoms with Gasteiger partial charge in [-0.2, -0.15) is 5.10 Å². The lowest BCUT2D eigenvalue weighted by Crippen LogP contribution is -2.36. The van der Waals surface area contributed by atoms with Crippen LogP contribution < -0.4 is 10.8 Å². The molecule has 0 amide bonds. The van der Waals surface area contributed by atoms with E-state index < -0.39 is 11.6 Å². The third-order valence-electron chi connectivity index (χ3n) is 4.63. The normalized spacial score (nSPS) is 22.6. The van der Waals surface area contributed by atoms with E-state index in [1.807, 2.05) is 14.0 Å². The molecule has 1 aliphatic heterocycles. The zero-order valence-electron chi connectivity index (χ0n) is 14.7. The zero-order valence-corrected chi connectivity index (χ0v) is 14.7.